The Hall–Kier alpha value is -2.13. The quantitative estimate of drug-likeness (QED) is 0.778. The van der Waals surface area contributed by atoms with Crippen molar-refractivity contribution in [2.45, 2.75) is 19.9 Å². The summed E-state index contributed by atoms with van der Waals surface area (Å²) in [6, 6.07) is 5.37. The fourth-order valence-corrected chi connectivity index (χ4v) is 1.38. The molecule has 88 valence electrons. The highest BCUT2D eigenvalue weighted by Gasteiger charge is 2.03. The molecule has 1 N–H and O–H groups in total. The van der Waals surface area contributed by atoms with Crippen LogP contribution in [0.25, 0.3) is 0 Å². The molecule has 0 atom stereocenters. The Morgan fingerprint density at radius 2 is 2.35 bits per heavy atom. The zero-order valence-corrected chi connectivity index (χ0v) is 9.43. The summed E-state index contributed by atoms with van der Waals surface area (Å²) in [6.07, 6.45) is 0.673. The summed E-state index contributed by atoms with van der Waals surface area (Å²) in [5.74, 6) is 2.33. The smallest absolute Gasteiger partial charge is 0.227 e. The zero-order valence-electron chi connectivity index (χ0n) is 9.43. The van der Waals surface area contributed by atoms with Gasteiger partial charge >= 0.3 is 0 Å². The minimum Gasteiger partial charge on any atom is -0.449 e. The lowest BCUT2D eigenvalue weighted by Crippen LogP contribution is -2.16. The van der Waals surface area contributed by atoms with Crippen LogP contribution >= 0.6 is 0 Å². The van der Waals surface area contributed by atoms with Gasteiger partial charge in [0.15, 0.2) is 5.82 Å². The number of furan rings is 1. The normalized spacial score (nSPS) is 10.4. The first-order valence-corrected chi connectivity index (χ1v) is 5.26. The molecule has 0 amide bonds. The Bertz CT molecular complexity index is 524. The van der Waals surface area contributed by atoms with Crippen LogP contribution in [0.5, 0.6) is 0 Å². The third kappa shape index (κ3) is 3.16. The standard InChI is InChI=1S/C11H12N4O2/c1-8-14-11(17-15-8)4-5-13-7-10-3-2-9(6-12)16-10/h2-3,13H,4-5,7H2,1H3. The Balaban J connectivity index is 1.71. The molecule has 0 aromatic carbocycles. The van der Waals surface area contributed by atoms with E-state index in [1.54, 1.807) is 19.1 Å². The van der Waals surface area contributed by atoms with Crippen molar-refractivity contribution in [2.24, 2.45) is 0 Å². The van der Waals surface area contributed by atoms with Crippen LogP contribution in [0.3, 0.4) is 0 Å². The molecule has 0 aliphatic rings. The minimum absolute atomic E-state index is 0.328. The van der Waals surface area contributed by atoms with E-state index in [4.69, 9.17) is 14.2 Å². The summed E-state index contributed by atoms with van der Waals surface area (Å²) in [7, 11) is 0. The topological polar surface area (TPSA) is 87.9 Å². The second-order valence-corrected chi connectivity index (χ2v) is 3.54. The van der Waals surface area contributed by atoms with Gasteiger partial charge in [0.05, 0.1) is 6.54 Å². The van der Waals surface area contributed by atoms with Gasteiger partial charge in [-0.3, -0.25) is 0 Å². The van der Waals surface area contributed by atoms with Crippen molar-refractivity contribution in [3.63, 3.8) is 0 Å². The molecule has 0 aliphatic heterocycles. The molecule has 17 heavy (non-hydrogen) atoms. The summed E-state index contributed by atoms with van der Waals surface area (Å²) in [4.78, 5) is 4.09. The average Bonchev–Trinajstić information content (AvgIpc) is 2.93. The lowest BCUT2D eigenvalue weighted by Gasteiger charge is -1.99. The number of nitrogens with zero attached hydrogens (tertiary/aromatic N) is 3. The van der Waals surface area contributed by atoms with Gasteiger partial charge in [-0.15, -0.1) is 0 Å². The van der Waals surface area contributed by atoms with E-state index in [1.807, 2.05) is 6.07 Å². The highest BCUT2D eigenvalue weighted by atomic mass is 16.5. The fraction of sp³-hybridized carbons (Fsp3) is 0.364. The lowest BCUT2D eigenvalue weighted by atomic mass is 10.4. The first kappa shape index (κ1) is 11.4. The van der Waals surface area contributed by atoms with E-state index < -0.39 is 0 Å². The van der Waals surface area contributed by atoms with Crippen molar-refractivity contribution in [3.05, 3.63) is 35.4 Å². The van der Waals surface area contributed by atoms with E-state index in [2.05, 4.69) is 15.5 Å². The predicted molar refractivity (Wildman–Crippen MR) is 57.9 cm³/mol. The van der Waals surface area contributed by atoms with E-state index in [9.17, 15) is 0 Å². The highest BCUT2D eigenvalue weighted by molar-refractivity contribution is 5.18. The molecule has 2 rings (SSSR count). The van der Waals surface area contributed by atoms with E-state index in [1.165, 1.54) is 0 Å². The van der Waals surface area contributed by atoms with Gasteiger partial charge in [-0.05, 0) is 19.1 Å². The minimum atomic E-state index is 0.328. The third-order valence-corrected chi connectivity index (χ3v) is 2.16. The molecule has 2 aromatic rings. The number of aryl methyl sites for hydroxylation is 1. The zero-order chi connectivity index (χ0) is 12.1. The number of rotatable bonds is 5. The number of nitrogens with one attached hydrogen (secondary N) is 1. The summed E-state index contributed by atoms with van der Waals surface area (Å²) >= 11 is 0. The second-order valence-electron chi connectivity index (χ2n) is 3.54. The summed E-state index contributed by atoms with van der Waals surface area (Å²) in [5, 5.41) is 15.4. The Morgan fingerprint density at radius 3 is 3.00 bits per heavy atom. The van der Waals surface area contributed by atoms with Gasteiger partial charge in [0.25, 0.3) is 0 Å². The van der Waals surface area contributed by atoms with Crippen molar-refractivity contribution >= 4 is 0 Å². The third-order valence-electron chi connectivity index (χ3n) is 2.16. The van der Waals surface area contributed by atoms with Gasteiger partial charge in [0.1, 0.15) is 11.8 Å². The van der Waals surface area contributed by atoms with Gasteiger partial charge in [0.2, 0.25) is 11.7 Å². The van der Waals surface area contributed by atoms with Gasteiger partial charge in [-0.1, -0.05) is 5.16 Å². The van der Waals surface area contributed by atoms with Gasteiger partial charge < -0.3 is 14.3 Å². The molecule has 0 saturated carbocycles. The molecule has 2 heterocycles. The maximum Gasteiger partial charge on any atom is 0.227 e. The molecule has 0 saturated heterocycles. The SMILES string of the molecule is Cc1noc(CCNCc2ccc(C#N)o2)n1. The molecular weight excluding hydrogens is 220 g/mol. The molecule has 6 nitrogen and oxygen atoms in total. The van der Waals surface area contributed by atoms with Gasteiger partial charge in [0, 0.05) is 13.0 Å². The van der Waals surface area contributed by atoms with Gasteiger partial charge in [-0.2, -0.15) is 10.2 Å². The molecule has 2 aromatic heterocycles. The van der Waals surface area contributed by atoms with Crippen molar-refractivity contribution in [1.82, 2.24) is 15.5 Å². The van der Waals surface area contributed by atoms with E-state index in [0.29, 0.717) is 37.0 Å². The number of hydrogen-bond acceptors (Lipinski definition) is 6. The fourth-order valence-electron chi connectivity index (χ4n) is 1.38. The summed E-state index contributed by atoms with van der Waals surface area (Å²) < 4.78 is 10.2. The van der Waals surface area contributed by atoms with Crippen LogP contribution < -0.4 is 5.32 Å². The molecule has 0 unspecified atom stereocenters. The monoisotopic (exact) mass is 232 g/mol. The first-order valence-electron chi connectivity index (χ1n) is 5.26. The first-order chi connectivity index (χ1) is 8.28. The summed E-state index contributed by atoms with van der Waals surface area (Å²) in [5.41, 5.74) is 0. The van der Waals surface area contributed by atoms with Crippen LogP contribution in [0.15, 0.2) is 21.1 Å². The van der Waals surface area contributed by atoms with Crippen LogP contribution in [-0.4, -0.2) is 16.7 Å². The molecular formula is C11H12N4O2. The molecule has 0 aliphatic carbocycles. The molecule has 0 radical (unpaired) electrons. The number of hydrogen-bond donors (Lipinski definition) is 1. The Morgan fingerprint density at radius 1 is 1.47 bits per heavy atom. The maximum absolute atomic E-state index is 8.58. The average molecular weight is 232 g/mol. The maximum atomic E-state index is 8.58. The van der Waals surface area contributed by atoms with E-state index in [0.717, 1.165) is 5.76 Å². The van der Waals surface area contributed by atoms with Crippen LogP contribution in [0.2, 0.25) is 0 Å². The van der Waals surface area contributed by atoms with Crippen LogP contribution in [0, 0.1) is 18.3 Å². The van der Waals surface area contributed by atoms with Crippen molar-refractivity contribution in [2.75, 3.05) is 6.54 Å². The largest absolute Gasteiger partial charge is 0.449 e. The Kier molecular flexibility index (Phi) is 3.52. The second kappa shape index (κ2) is 5.27. The predicted octanol–water partition coefficient (Wildman–Crippen LogP) is 1.18. The van der Waals surface area contributed by atoms with Crippen LogP contribution in [-0.2, 0) is 13.0 Å². The molecule has 0 bridgehead atoms. The van der Waals surface area contributed by atoms with Crippen LogP contribution in [0.4, 0.5) is 0 Å². The van der Waals surface area contributed by atoms with E-state index in [-0.39, 0.29) is 0 Å². The molecule has 0 spiro atoms. The highest BCUT2D eigenvalue weighted by Crippen LogP contribution is 2.05. The summed E-state index contributed by atoms with van der Waals surface area (Å²) in [6.45, 7) is 3.08. The number of nitriles is 1. The number of aromatic nitrogens is 2. The molecule has 0 fully saturated rings. The Labute approximate surface area is 98.2 Å². The van der Waals surface area contributed by atoms with Crippen LogP contribution in [0.1, 0.15) is 23.2 Å². The molecule has 6 heteroatoms. The lowest BCUT2D eigenvalue weighted by molar-refractivity contribution is 0.370. The van der Waals surface area contributed by atoms with Crippen molar-refractivity contribution < 1.29 is 8.94 Å². The van der Waals surface area contributed by atoms with E-state index >= 15 is 0 Å². The van der Waals surface area contributed by atoms with Crippen molar-refractivity contribution in [3.8, 4) is 6.07 Å². The van der Waals surface area contributed by atoms with Crippen molar-refractivity contribution in [1.29, 1.82) is 5.26 Å². The van der Waals surface area contributed by atoms with Gasteiger partial charge in [-0.25, -0.2) is 0 Å².